The van der Waals surface area contributed by atoms with Crippen LogP contribution in [0.4, 0.5) is 5.95 Å². The molecule has 0 bridgehead atoms. The predicted octanol–water partition coefficient (Wildman–Crippen LogP) is 0.864. The summed E-state index contributed by atoms with van der Waals surface area (Å²) in [6.45, 7) is 0. The first-order valence-corrected chi connectivity index (χ1v) is 4.39. The second-order valence-corrected chi connectivity index (χ2v) is 2.93. The lowest BCUT2D eigenvalue weighted by atomic mass is 10.4. The van der Waals surface area contributed by atoms with Gasteiger partial charge < -0.3 is 4.42 Å². The lowest BCUT2D eigenvalue weighted by molar-refractivity contribution is 0.557. The number of nitrogen functional groups attached to an aromatic ring is 1. The molecule has 78 valence electrons. The Morgan fingerprint density at radius 3 is 2.93 bits per heavy atom. The maximum Gasteiger partial charge on any atom is 0.238 e. The van der Waals surface area contributed by atoms with Crippen LogP contribution in [0.3, 0.4) is 0 Å². The molecule has 0 spiro atoms. The van der Waals surface area contributed by atoms with E-state index in [1.165, 1.54) is 0 Å². The van der Waals surface area contributed by atoms with Crippen LogP contribution < -0.4 is 11.3 Å². The van der Waals surface area contributed by atoms with Gasteiger partial charge in [-0.1, -0.05) is 0 Å². The highest BCUT2D eigenvalue weighted by Gasteiger charge is 2.03. The highest BCUT2D eigenvalue weighted by molar-refractivity contribution is 5.64. The average molecular weight is 205 g/mol. The Kier molecular flexibility index (Phi) is 2.51. The molecule has 15 heavy (non-hydrogen) atoms. The molecule has 0 radical (unpaired) electrons. The molecule has 0 aliphatic carbocycles. The first-order valence-electron chi connectivity index (χ1n) is 4.39. The van der Waals surface area contributed by atoms with Crippen molar-refractivity contribution in [3.05, 3.63) is 30.0 Å². The number of hydrogen-bond donors (Lipinski definition) is 2. The third kappa shape index (κ3) is 1.89. The Balaban J connectivity index is 2.21. The number of anilines is 1. The Hall–Kier alpha value is -2.08. The predicted molar refractivity (Wildman–Crippen MR) is 56.4 cm³/mol. The van der Waals surface area contributed by atoms with Crippen molar-refractivity contribution < 1.29 is 4.42 Å². The van der Waals surface area contributed by atoms with Gasteiger partial charge in [-0.15, -0.1) is 10.2 Å². The van der Waals surface area contributed by atoms with E-state index in [4.69, 9.17) is 10.3 Å². The third-order valence-corrected chi connectivity index (χ3v) is 1.98. The first-order chi connectivity index (χ1) is 7.31. The van der Waals surface area contributed by atoms with E-state index >= 15 is 0 Å². The van der Waals surface area contributed by atoms with E-state index in [1.807, 2.05) is 25.3 Å². The summed E-state index contributed by atoms with van der Waals surface area (Å²) in [6, 6.07) is 3.68. The van der Waals surface area contributed by atoms with E-state index in [9.17, 15) is 0 Å². The van der Waals surface area contributed by atoms with E-state index in [1.54, 1.807) is 16.9 Å². The molecule has 0 saturated heterocycles. The Morgan fingerprint density at radius 2 is 2.33 bits per heavy atom. The summed E-state index contributed by atoms with van der Waals surface area (Å²) in [5, 5.41) is 7.76. The van der Waals surface area contributed by atoms with Gasteiger partial charge >= 0.3 is 0 Å². The molecule has 2 aromatic rings. The summed E-state index contributed by atoms with van der Waals surface area (Å²) in [5.41, 5.74) is 2.44. The van der Waals surface area contributed by atoms with Gasteiger partial charge in [0.05, 0.1) is 6.26 Å². The van der Waals surface area contributed by atoms with Crippen molar-refractivity contribution >= 4 is 18.1 Å². The van der Waals surface area contributed by atoms with Gasteiger partial charge in [-0.05, 0) is 24.3 Å². The number of nitrogens with one attached hydrogen (secondary N) is 1. The summed E-state index contributed by atoms with van der Waals surface area (Å²) < 4.78 is 6.88. The largest absolute Gasteiger partial charge is 0.465 e. The zero-order chi connectivity index (χ0) is 10.7. The van der Waals surface area contributed by atoms with E-state index in [-0.39, 0.29) is 0 Å². The fourth-order valence-corrected chi connectivity index (χ4v) is 1.15. The van der Waals surface area contributed by atoms with Gasteiger partial charge in [0, 0.05) is 7.05 Å². The molecule has 2 aromatic heterocycles. The lowest BCUT2D eigenvalue weighted by Crippen LogP contribution is -2.11. The van der Waals surface area contributed by atoms with Gasteiger partial charge in [0.15, 0.2) is 5.82 Å². The molecule has 0 aliphatic rings. The number of hydrogen-bond acceptors (Lipinski definition) is 5. The molecule has 0 fully saturated rings. The molecule has 0 atom stereocenters. The molecular weight excluding hydrogens is 194 g/mol. The molecule has 0 aromatic carbocycles. The van der Waals surface area contributed by atoms with Crippen molar-refractivity contribution in [3.63, 3.8) is 0 Å². The molecular formula is C9H11N5O. The highest BCUT2D eigenvalue weighted by atomic mass is 16.3. The van der Waals surface area contributed by atoms with Crippen molar-refractivity contribution in [3.8, 4) is 0 Å². The quantitative estimate of drug-likeness (QED) is 0.573. The second kappa shape index (κ2) is 3.97. The maximum atomic E-state index is 5.24. The molecule has 0 aliphatic heterocycles. The summed E-state index contributed by atoms with van der Waals surface area (Å²) in [5.74, 6) is 7.21. The minimum atomic E-state index is 0.508. The monoisotopic (exact) mass is 205 g/mol. The summed E-state index contributed by atoms with van der Waals surface area (Å²) in [6.07, 6.45) is 5.22. The molecule has 0 unspecified atom stereocenters. The minimum absolute atomic E-state index is 0.508. The fourth-order valence-electron chi connectivity index (χ4n) is 1.15. The number of aromatic nitrogens is 3. The van der Waals surface area contributed by atoms with E-state index in [0.717, 1.165) is 5.76 Å². The molecule has 2 heterocycles. The lowest BCUT2D eigenvalue weighted by Gasteiger charge is -1.97. The van der Waals surface area contributed by atoms with Gasteiger partial charge in [0.25, 0.3) is 0 Å². The van der Waals surface area contributed by atoms with Crippen LogP contribution in [0.25, 0.3) is 12.2 Å². The molecule has 6 heteroatoms. The van der Waals surface area contributed by atoms with Crippen molar-refractivity contribution in [1.29, 1.82) is 0 Å². The van der Waals surface area contributed by atoms with Crippen LogP contribution in [0.5, 0.6) is 0 Å². The number of nitrogens with two attached hydrogens (primary N) is 1. The molecule has 6 nitrogen and oxygen atoms in total. The molecule has 2 rings (SSSR count). The summed E-state index contributed by atoms with van der Waals surface area (Å²) in [7, 11) is 1.82. The van der Waals surface area contributed by atoms with Gasteiger partial charge in [-0.2, -0.15) is 0 Å². The van der Waals surface area contributed by atoms with Crippen molar-refractivity contribution in [2.45, 2.75) is 0 Å². The molecule has 0 saturated carbocycles. The number of hydrazine groups is 1. The van der Waals surface area contributed by atoms with Gasteiger partial charge in [-0.25, -0.2) is 5.84 Å². The topological polar surface area (TPSA) is 81.9 Å². The number of rotatable bonds is 3. The van der Waals surface area contributed by atoms with Crippen LogP contribution in [0, 0.1) is 0 Å². The Morgan fingerprint density at radius 1 is 1.47 bits per heavy atom. The molecule has 3 N–H and O–H groups in total. The van der Waals surface area contributed by atoms with Crippen LogP contribution in [0.1, 0.15) is 11.6 Å². The van der Waals surface area contributed by atoms with E-state index < -0.39 is 0 Å². The van der Waals surface area contributed by atoms with Crippen molar-refractivity contribution in [2.75, 3.05) is 5.43 Å². The average Bonchev–Trinajstić information content (AvgIpc) is 2.85. The Labute approximate surface area is 86.4 Å². The summed E-state index contributed by atoms with van der Waals surface area (Å²) >= 11 is 0. The smallest absolute Gasteiger partial charge is 0.238 e. The van der Waals surface area contributed by atoms with Gasteiger partial charge in [0.1, 0.15) is 5.76 Å². The first kappa shape index (κ1) is 9.47. The van der Waals surface area contributed by atoms with Gasteiger partial charge in [0.2, 0.25) is 5.95 Å². The van der Waals surface area contributed by atoms with Crippen molar-refractivity contribution in [1.82, 2.24) is 14.8 Å². The third-order valence-electron chi connectivity index (χ3n) is 1.98. The fraction of sp³-hybridized carbons (Fsp3) is 0.111. The number of nitrogens with zero attached hydrogens (tertiary/aromatic N) is 3. The zero-order valence-corrected chi connectivity index (χ0v) is 8.21. The van der Waals surface area contributed by atoms with Crippen LogP contribution in [-0.2, 0) is 7.05 Å². The SMILES string of the molecule is Cn1c(/C=C/c2ccco2)nnc1NN. The van der Waals surface area contributed by atoms with E-state index in [2.05, 4.69) is 15.6 Å². The van der Waals surface area contributed by atoms with Gasteiger partial charge in [-0.3, -0.25) is 9.99 Å². The standard InChI is InChI=1S/C9H11N5O/c1-14-8(12-13-9(14)11-10)5-4-7-3-2-6-15-7/h2-6H,10H2,1H3,(H,11,13)/b5-4+. The van der Waals surface area contributed by atoms with Crippen LogP contribution in [0.15, 0.2) is 22.8 Å². The van der Waals surface area contributed by atoms with Crippen molar-refractivity contribution in [2.24, 2.45) is 12.9 Å². The number of furan rings is 1. The second-order valence-electron chi connectivity index (χ2n) is 2.93. The van der Waals surface area contributed by atoms with Crippen LogP contribution >= 0.6 is 0 Å². The zero-order valence-electron chi connectivity index (χ0n) is 8.21. The minimum Gasteiger partial charge on any atom is -0.465 e. The Bertz CT molecular complexity index is 457. The normalized spacial score (nSPS) is 11.1. The van der Waals surface area contributed by atoms with Crippen LogP contribution in [0.2, 0.25) is 0 Å². The highest BCUT2D eigenvalue weighted by Crippen LogP contribution is 2.08. The maximum absolute atomic E-state index is 5.24. The summed E-state index contributed by atoms with van der Waals surface area (Å²) in [4.78, 5) is 0. The van der Waals surface area contributed by atoms with Crippen LogP contribution in [-0.4, -0.2) is 14.8 Å². The van der Waals surface area contributed by atoms with E-state index in [0.29, 0.717) is 11.8 Å². The molecule has 0 amide bonds.